The number of nitro benzene ring substituents is 1. The Morgan fingerprint density at radius 2 is 1.61 bits per heavy atom. The largest absolute Gasteiger partial charge is 0.514 e. The summed E-state index contributed by atoms with van der Waals surface area (Å²) in [6.45, 7) is 17.3. The van der Waals surface area contributed by atoms with Crippen molar-refractivity contribution in [1.29, 1.82) is 0 Å². The lowest BCUT2D eigenvalue weighted by atomic mass is 10.0. The molecule has 1 heterocycles. The molecule has 51 heavy (non-hydrogen) atoms. The van der Waals surface area contributed by atoms with Crippen LogP contribution in [0.1, 0.15) is 84.5 Å². The average Bonchev–Trinajstić information content (AvgIpc) is 3.03. The number of H-pyrrole nitrogens is 1. The van der Waals surface area contributed by atoms with Crippen LogP contribution in [0.3, 0.4) is 0 Å². The van der Waals surface area contributed by atoms with Crippen LogP contribution in [0.15, 0.2) is 53.3 Å². The second-order valence-corrected chi connectivity index (χ2v) is 19.7. The van der Waals surface area contributed by atoms with Gasteiger partial charge < -0.3 is 33.7 Å². The van der Waals surface area contributed by atoms with Crippen LogP contribution in [-0.4, -0.2) is 62.4 Å². The number of fused-ring (bicyclic) bond motifs is 1. The number of pyridine rings is 1. The minimum atomic E-state index is -2.39. The lowest BCUT2D eigenvalue weighted by Gasteiger charge is -2.39. The highest BCUT2D eigenvalue weighted by atomic mass is 28.4. The summed E-state index contributed by atoms with van der Waals surface area (Å²) in [5, 5.41) is 14.0. The Morgan fingerprint density at radius 3 is 2.25 bits per heavy atom. The molecule has 0 aliphatic heterocycles. The number of nitro groups is 1. The first-order valence-electron chi connectivity index (χ1n) is 17.3. The Balaban J connectivity index is 1.54. The van der Waals surface area contributed by atoms with E-state index in [2.05, 4.69) is 44.2 Å². The summed E-state index contributed by atoms with van der Waals surface area (Å²) < 4.78 is 28.9. The number of carbonyl (C=O) groups is 2. The molecule has 1 amide bonds. The Labute approximate surface area is 300 Å². The van der Waals surface area contributed by atoms with E-state index in [9.17, 15) is 24.5 Å². The summed E-state index contributed by atoms with van der Waals surface area (Å²) in [7, 11) is -2.39. The lowest BCUT2D eigenvalue weighted by Crippen LogP contribution is -2.43. The summed E-state index contributed by atoms with van der Waals surface area (Å²) in [6.07, 6.45) is 2.08. The monoisotopic (exact) mass is 727 g/mol. The van der Waals surface area contributed by atoms with E-state index < -0.39 is 37.2 Å². The Bertz CT molecular complexity index is 1680. The predicted molar refractivity (Wildman–Crippen MR) is 198 cm³/mol. The number of ether oxygens (including phenoxy) is 4. The molecule has 0 bridgehead atoms. The van der Waals surface area contributed by atoms with Crippen molar-refractivity contribution in [2.75, 3.05) is 26.4 Å². The third-order valence-electron chi connectivity index (χ3n) is 8.60. The number of nitrogens with one attached hydrogen (secondary N) is 2. The van der Waals surface area contributed by atoms with E-state index in [0.29, 0.717) is 42.6 Å². The number of carbonyl (C=O) groups excluding carboxylic acids is 2. The Hall–Kier alpha value is -4.27. The molecule has 2 N–H and O–H groups in total. The van der Waals surface area contributed by atoms with Crippen LogP contribution < -0.4 is 15.6 Å². The van der Waals surface area contributed by atoms with E-state index in [1.54, 1.807) is 51.1 Å². The van der Waals surface area contributed by atoms with E-state index in [1.807, 2.05) is 0 Å². The molecule has 2 aromatic carbocycles. The van der Waals surface area contributed by atoms with Gasteiger partial charge >= 0.3 is 12.2 Å². The van der Waals surface area contributed by atoms with Crippen molar-refractivity contribution in [3.63, 3.8) is 0 Å². The van der Waals surface area contributed by atoms with Crippen LogP contribution in [0.2, 0.25) is 18.1 Å². The zero-order chi connectivity index (χ0) is 37.8. The fourth-order valence-electron chi connectivity index (χ4n) is 4.85. The normalized spacial score (nSPS) is 12.7. The van der Waals surface area contributed by atoms with Crippen LogP contribution in [0.4, 0.5) is 15.3 Å². The predicted octanol–water partition coefficient (Wildman–Crippen LogP) is 8.36. The van der Waals surface area contributed by atoms with Crippen molar-refractivity contribution in [3.05, 3.63) is 80.1 Å². The van der Waals surface area contributed by atoms with Gasteiger partial charge in [-0.2, -0.15) is 0 Å². The molecule has 13 nitrogen and oxygen atoms in total. The molecule has 3 rings (SSSR count). The number of aromatic nitrogens is 1. The number of aromatic amines is 1. The second-order valence-electron chi connectivity index (χ2n) is 14.9. The first-order valence-corrected chi connectivity index (χ1v) is 20.2. The van der Waals surface area contributed by atoms with Crippen LogP contribution in [0.5, 0.6) is 5.75 Å². The van der Waals surface area contributed by atoms with Crippen molar-refractivity contribution >= 4 is 37.2 Å². The molecule has 0 aliphatic carbocycles. The van der Waals surface area contributed by atoms with Crippen molar-refractivity contribution in [2.24, 2.45) is 0 Å². The molecule has 280 valence electrons. The summed E-state index contributed by atoms with van der Waals surface area (Å²) >= 11 is 0. The zero-order valence-electron chi connectivity index (χ0n) is 31.1. The maximum atomic E-state index is 12.8. The molecule has 0 radical (unpaired) electrons. The number of alkyl carbamates (subject to hydrolysis) is 1. The number of benzene rings is 2. The van der Waals surface area contributed by atoms with Gasteiger partial charge in [-0.15, -0.1) is 0 Å². The first-order chi connectivity index (χ1) is 23.9. The minimum Gasteiger partial charge on any atom is -0.446 e. The highest BCUT2D eigenvalue weighted by Crippen LogP contribution is 2.41. The standard InChI is InChI=1S/C37H53N3O10Si/c1-36(2,3)49-35(43)48-30-19-17-28(29-18-20-32(41)39-33(29)30)31(50-51(7,8)37(4,5)6)25-47-34(42)38-22-11-9-10-12-23-46-24-21-26-13-15-27(16-14-26)40(44)45/h13-20,31H,9-12,21-25H2,1-8H3,(H,38,42)(H,39,41). The van der Waals surface area contributed by atoms with Gasteiger partial charge in [-0.25, -0.2) is 9.59 Å². The fourth-order valence-corrected chi connectivity index (χ4v) is 6.11. The molecule has 0 saturated heterocycles. The molecule has 0 spiro atoms. The number of nitrogens with zero attached hydrogens (tertiary/aromatic N) is 1. The summed E-state index contributed by atoms with van der Waals surface area (Å²) in [5.74, 6) is 0.124. The van der Waals surface area contributed by atoms with Gasteiger partial charge in [-0.05, 0) is 81.4 Å². The summed E-state index contributed by atoms with van der Waals surface area (Å²) in [6, 6.07) is 12.8. The smallest absolute Gasteiger partial charge is 0.446 e. The molecular formula is C37H53N3O10Si. The van der Waals surface area contributed by atoms with Crippen molar-refractivity contribution in [2.45, 2.75) is 103 Å². The van der Waals surface area contributed by atoms with Gasteiger partial charge in [-0.3, -0.25) is 14.9 Å². The lowest BCUT2D eigenvalue weighted by molar-refractivity contribution is -0.384. The van der Waals surface area contributed by atoms with E-state index in [1.165, 1.54) is 18.2 Å². The van der Waals surface area contributed by atoms with Crippen LogP contribution in [0, 0.1) is 10.1 Å². The van der Waals surface area contributed by atoms with Crippen LogP contribution >= 0.6 is 0 Å². The van der Waals surface area contributed by atoms with E-state index in [4.69, 9.17) is 23.4 Å². The van der Waals surface area contributed by atoms with Gasteiger partial charge in [0.25, 0.3) is 5.69 Å². The Kier molecular flexibility index (Phi) is 14.8. The van der Waals surface area contributed by atoms with Gasteiger partial charge in [0.15, 0.2) is 14.1 Å². The van der Waals surface area contributed by atoms with E-state index >= 15 is 0 Å². The number of hydrogen-bond acceptors (Lipinski definition) is 10. The summed E-state index contributed by atoms with van der Waals surface area (Å²) in [4.78, 5) is 50.7. The molecule has 0 aliphatic rings. The second kappa shape index (κ2) is 18.3. The molecule has 1 atom stereocenters. The molecule has 1 aromatic heterocycles. The SMILES string of the molecule is CC(C)(C)OC(=O)Oc1ccc(C(COC(=O)NCCCCCCOCCc2ccc([N+](=O)[O-])cc2)O[Si](C)(C)C(C)(C)C)c2ccc(=O)[nH]c12. The van der Waals surface area contributed by atoms with Gasteiger partial charge in [-0.1, -0.05) is 51.8 Å². The van der Waals surface area contributed by atoms with Gasteiger partial charge in [0.05, 0.1) is 17.0 Å². The van der Waals surface area contributed by atoms with Gasteiger partial charge in [0, 0.05) is 36.7 Å². The van der Waals surface area contributed by atoms with Crippen LogP contribution in [-0.2, 0) is 25.1 Å². The molecular weight excluding hydrogens is 675 g/mol. The molecule has 14 heteroatoms. The topological polar surface area (TPSA) is 168 Å². The molecule has 3 aromatic rings. The maximum absolute atomic E-state index is 12.8. The highest BCUT2D eigenvalue weighted by Gasteiger charge is 2.40. The van der Waals surface area contributed by atoms with Gasteiger partial charge in [0.2, 0.25) is 5.56 Å². The number of unbranched alkanes of at least 4 members (excludes halogenated alkanes) is 3. The number of hydrogen-bond donors (Lipinski definition) is 2. The van der Waals surface area contributed by atoms with Crippen molar-refractivity contribution < 1.29 is 37.9 Å². The average molecular weight is 728 g/mol. The third-order valence-corrected chi connectivity index (χ3v) is 13.1. The quantitative estimate of drug-likeness (QED) is 0.0344. The number of amides is 1. The highest BCUT2D eigenvalue weighted by molar-refractivity contribution is 6.74. The van der Waals surface area contributed by atoms with Crippen molar-refractivity contribution in [1.82, 2.24) is 10.3 Å². The molecule has 0 saturated carbocycles. The Morgan fingerprint density at radius 1 is 0.922 bits per heavy atom. The zero-order valence-corrected chi connectivity index (χ0v) is 32.1. The summed E-state index contributed by atoms with van der Waals surface area (Å²) in [5.41, 5.74) is 0.893. The molecule has 0 fully saturated rings. The molecule has 1 unspecified atom stereocenters. The number of rotatable bonds is 17. The van der Waals surface area contributed by atoms with E-state index in [-0.39, 0.29) is 28.6 Å². The van der Waals surface area contributed by atoms with E-state index in [0.717, 1.165) is 31.2 Å². The third kappa shape index (κ3) is 13.4. The van der Waals surface area contributed by atoms with Crippen LogP contribution in [0.25, 0.3) is 10.9 Å². The van der Waals surface area contributed by atoms with Crippen molar-refractivity contribution in [3.8, 4) is 5.75 Å². The first kappa shape index (κ1) is 41.2. The number of non-ortho nitro benzene ring substituents is 1. The maximum Gasteiger partial charge on any atom is 0.514 e. The minimum absolute atomic E-state index is 0.0734. The fraction of sp³-hybridized carbons (Fsp3) is 0.541. The van der Waals surface area contributed by atoms with Gasteiger partial charge in [0.1, 0.15) is 18.3 Å².